The topological polar surface area (TPSA) is 65.2 Å². The van der Waals surface area contributed by atoms with Crippen molar-refractivity contribution in [1.82, 2.24) is 24.5 Å². The normalized spacial score (nSPS) is 13.9. The number of nitrogens with zero attached hydrogens (tertiary/aromatic N) is 5. The van der Waals surface area contributed by atoms with Gasteiger partial charge in [-0.3, -0.25) is 4.79 Å². The first-order valence-electron chi connectivity index (χ1n) is 10.3. The van der Waals surface area contributed by atoms with E-state index in [4.69, 9.17) is 4.74 Å². The van der Waals surface area contributed by atoms with Crippen LogP contribution in [0.15, 0.2) is 72.4 Å². The zero-order valence-corrected chi connectivity index (χ0v) is 18.4. The molecule has 0 amide bonds. The molecule has 2 heterocycles. The van der Waals surface area contributed by atoms with E-state index >= 15 is 0 Å². The van der Waals surface area contributed by atoms with Gasteiger partial charge in [-0.1, -0.05) is 36.5 Å². The Morgan fingerprint density at radius 3 is 2.97 bits per heavy atom. The van der Waals surface area contributed by atoms with Gasteiger partial charge < -0.3 is 9.64 Å². The molecule has 7 nitrogen and oxygen atoms in total. The zero-order valence-electron chi connectivity index (χ0n) is 18.4. The molecule has 0 bridgehead atoms. The van der Waals surface area contributed by atoms with E-state index < -0.39 is 0 Å². The van der Waals surface area contributed by atoms with Gasteiger partial charge in [0.05, 0.1) is 30.9 Å². The van der Waals surface area contributed by atoms with Crippen LogP contribution in [0.2, 0.25) is 0 Å². The van der Waals surface area contributed by atoms with Crippen molar-refractivity contribution >= 4 is 11.4 Å². The van der Waals surface area contributed by atoms with Crippen molar-refractivity contribution in [3.05, 3.63) is 77.8 Å². The maximum Gasteiger partial charge on any atom is 0.251 e. The highest BCUT2D eigenvalue weighted by Crippen LogP contribution is 2.22. The van der Waals surface area contributed by atoms with Crippen molar-refractivity contribution < 1.29 is 4.74 Å². The Bertz CT molecular complexity index is 1100. The first-order chi connectivity index (χ1) is 15.1. The van der Waals surface area contributed by atoms with Crippen molar-refractivity contribution in [2.75, 3.05) is 27.2 Å². The molecule has 0 aromatic carbocycles. The summed E-state index contributed by atoms with van der Waals surface area (Å²) in [4.78, 5) is 15.3. The van der Waals surface area contributed by atoms with E-state index in [0.29, 0.717) is 11.4 Å². The molecule has 2 aromatic heterocycles. The summed E-state index contributed by atoms with van der Waals surface area (Å²) in [6, 6.07) is 1.80. The average molecular weight is 420 g/mol. The lowest BCUT2D eigenvalue weighted by atomic mass is 10.2. The summed E-state index contributed by atoms with van der Waals surface area (Å²) in [7, 11) is 3.54. The van der Waals surface area contributed by atoms with Crippen LogP contribution in [-0.2, 0) is 0 Å². The van der Waals surface area contributed by atoms with Crippen LogP contribution in [0.5, 0.6) is 5.75 Å². The Balaban J connectivity index is 2.03. The van der Waals surface area contributed by atoms with Crippen LogP contribution in [0.4, 0.5) is 0 Å². The number of methoxy groups -OCH3 is 1. The number of rotatable bonds is 9. The largest absolute Gasteiger partial charge is 0.491 e. The van der Waals surface area contributed by atoms with Gasteiger partial charge in [0.2, 0.25) is 0 Å². The SMILES string of the molecule is C=CCN(C)CC/C(=C\C)n1cc(OC)c(=O)c(-c2ccnn2C2=CCC=CC=C2)n1. The number of likely N-dealkylation sites (N-methyl/N-ethyl adjacent to an activating group) is 1. The molecule has 3 rings (SSSR count). The third-order valence-corrected chi connectivity index (χ3v) is 5.03. The molecule has 0 aliphatic heterocycles. The molecule has 2 aromatic rings. The van der Waals surface area contributed by atoms with Crippen molar-refractivity contribution in [3.8, 4) is 17.1 Å². The fourth-order valence-corrected chi connectivity index (χ4v) is 3.35. The molecule has 7 heteroatoms. The van der Waals surface area contributed by atoms with Crippen LogP contribution in [0.3, 0.4) is 0 Å². The molecule has 0 spiro atoms. The van der Waals surface area contributed by atoms with Crippen LogP contribution >= 0.6 is 0 Å². The zero-order chi connectivity index (χ0) is 22.2. The lowest BCUT2D eigenvalue weighted by molar-refractivity contribution is 0.377. The fraction of sp³-hybridized carbons (Fsp3) is 0.292. The lowest BCUT2D eigenvalue weighted by Gasteiger charge is -2.18. The summed E-state index contributed by atoms with van der Waals surface area (Å²) in [5.74, 6) is 0.239. The standard InChI is InChI=1S/C24H29N5O2/c1-5-16-27(3)17-14-19(6-2)28-18-22(31-4)24(30)23(26-28)21-13-15-25-29(21)20-11-9-7-8-10-12-20/h5-9,11-13,15,18H,1,10,14,16-17H2,2-4H3/b19-6+. The van der Waals surface area contributed by atoms with Gasteiger partial charge in [0.1, 0.15) is 0 Å². The first kappa shape index (κ1) is 22.2. The highest BCUT2D eigenvalue weighted by Gasteiger charge is 2.18. The molecule has 31 heavy (non-hydrogen) atoms. The third-order valence-electron chi connectivity index (χ3n) is 5.03. The first-order valence-corrected chi connectivity index (χ1v) is 10.3. The molecule has 1 aliphatic rings. The molecular formula is C24H29N5O2. The molecule has 0 saturated heterocycles. The quantitative estimate of drug-likeness (QED) is 0.578. The van der Waals surface area contributed by atoms with E-state index in [1.165, 1.54) is 7.11 Å². The molecule has 162 valence electrons. The van der Waals surface area contributed by atoms with Crippen LogP contribution in [0.25, 0.3) is 22.8 Å². The minimum absolute atomic E-state index is 0.239. The second-order valence-electron chi connectivity index (χ2n) is 7.18. The van der Waals surface area contributed by atoms with Crippen LogP contribution in [-0.4, -0.2) is 51.7 Å². The molecule has 0 atom stereocenters. The minimum Gasteiger partial charge on any atom is -0.491 e. The molecule has 0 fully saturated rings. The predicted octanol–water partition coefficient (Wildman–Crippen LogP) is 3.84. The Morgan fingerprint density at radius 1 is 1.39 bits per heavy atom. The van der Waals surface area contributed by atoms with Crippen LogP contribution in [0.1, 0.15) is 19.8 Å². The van der Waals surface area contributed by atoms with Gasteiger partial charge in [-0.25, -0.2) is 9.36 Å². The molecule has 0 N–H and O–H groups in total. The number of allylic oxidation sites excluding steroid dienone is 7. The smallest absolute Gasteiger partial charge is 0.251 e. The van der Waals surface area contributed by atoms with Crippen molar-refractivity contribution in [3.63, 3.8) is 0 Å². The Kier molecular flexibility index (Phi) is 7.56. The third kappa shape index (κ3) is 5.19. The lowest BCUT2D eigenvalue weighted by Crippen LogP contribution is -2.22. The number of hydrogen-bond acceptors (Lipinski definition) is 5. The molecule has 0 saturated carbocycles. The summed E-state index contributed by atoms with van der Waals surface area (Å²) in [6.07, 6.45) is 18.8. The van der Waals surface area contributed by atoms with E-state index in [2.05, 4.69) is 33.8 Å². The number of aromatic nitrogens is 4. The minimum atomic E-state index is -0.268. The number of ether oxygens (including phenoxy) is 1. The fourth-order valence-electron chi connectivity index (χ4n) is 3.35. The van der Waals surface area contributed by atoms with Gasteiger partial charge >= 0.3 is 0 Å². The molecule has 0 radical (unpaired) electrons. The van der Waals surface area contributed by atoms with Gasteiger partial charge in [0, 0.05) is 25.2 Å². The molecule has 1 aliphatic carbocycles. The van der Waals surface area contributed by atoms with E-state index in [1.807, 2.05) is 44.4 Å². The Labute approximate surface area is 182 Å². The van der Waals surface area contributed by atoms with E-state index in [9.17, 15) is 4.79 Å². The maximum atomic E-state index is 13.1. The summed E-state index contributed by atoms with van der Waals surface area (Å²) in [5, 5.41) is 9.13. The highest BCUT2D eigenvalue weighted by atomic mass is 16.5. The highest BCUT2D eigenvalue weighted by molar-refractivity contribution is 5.67. The average Bonchev–Trinajstić information content (AvgIpc) is 3.09. The van der Waals surface area contributed by atoms with Gasteiger partial charge in [-0.2, -0.15) is 10.2 Å². The second kappa shape index (κ2) is 10.5. The van der Waals surface area contributed by atoms with E-state index in [-0.39, 0.29) is 11.2 Å². The van der Waals surface area contributed by atoms with Gasteiger partial charge in [0.25, 0.3) is 5.43 Å². The molecular weight excluding hydrogens is 390 g/mol. The monoisotopic (exact) mass is 419 g/mol. The van der Waals surface area contributed by atoms with Gasteiger partial charge in [-0.15, -0.1) is 6.58 Å². The Morgan fingerprint density at radius 2 is 2.23 bits per heavy atom. The van der Waals surface area contributed by atoms with Crippen molar-refractivity contribution in [2.24, 2.45) is 0 Å². The van der Waals surface area contributed by atoms with Crippen LogP contribution < -0.4 is 10.2 Å². The van der Waals surface area contributed by atoms with E-state index in [1.54, 1.807) is 27.8 Å². The molecule has 0 unspecified atom stereocenters. The summed E-state index contributed by atoms with van der Waals surface area (Å²) >= 11 is 0. The van der Waals surface area contributed by atoms with E-state index in [0.717, 1.165) is 37.3 Å². The predicted molar refractivity (Wildman–Crippen MR) is 126 cm³/mol. The van der Waals surface area contributed by atoms with Crippen molar-refractivity contribution in [1.29, 1.82) is 0 Å². The Hall–Kier alpha value is -3.45. The van der Waals surface area contributed by atoms with Gasteiger partial charge in [-0.05, 0) is 32.5 Å². The summed E-state index contributed by atoms with van der Waals surface area (Å²) in [6.45, 7) is 7.39. The van der Waals surface area contributed by atoms with Crippen molar-refractivity contribution in [2.45, 2.75) is 19.8 Å². The second-order valence-corrected chi connectivity index (χ2v) is 7.18. The van der Waals surface area contributed by atoms with Gasteiger partial charge in [0.15, 0.2) is 11.4 Å². The number of hydrogen-bond donors (Lipinski definition) is 0. The summed E-state index contributed by atoms with van der Waals surface area (Å²) < 4.78 is 8.87. The maximum absolute atomic E-state index is 13.1. The summed E-state index contributed by atoms with van der Waals surface area (Å²) in [5.41, 5.74) is 2.50. The van der Waals surface area contributed by atoms with Crippen LogP contribution in [0, 0.1) is 0 Å².